The van der Waals surface area contributed by atoms with Gasteiger partial charge < -0.3 is 9.80 Å². The summed E-state index contributed by atoms with van der Waals surface area (Å²) in [5, 5.41) is 5.79. The number of aryl methyl sites for hydroxylation is 1. The van der Waals surface area contributed by atoms with Crippen LogP contribution in [0.3, 0.4) is 0 Å². The molecule has 4 heterocycles. The molecule has 1 atom stereocenters. The van der Waals surface area contributed by atoms with Gasteiger partial charge in [0.15, 0.2) is 5.65 Å². The molecule has 2 fully saturated rings. The summed E-state index contributed by atoms with van der Waals surface area (Å²) in [5.74, 6) is 0.378. The van der Waals surface area contributed by atoms with Gasteiger partial charge in [-0.25, -0.2) is 4.98 Å². The number of carbonyl (C=O) groups is 2. The van der Waals surface area contributed by atoms with Crippen LogP contribution in [0.25, 0.3) is 11.0 Å². The molecule has 0 aliphatic carbocycles. The van der Waals surface area contributed by atoms with Crippen molar-refractivity contribution >= 4 is 22.8 Å². The van der Waals surface area contributed by atoms with Crippen molar-refractivity contribution in [2.75, 3.05) is 26.7 Å². The number of hydrogen-bond acceptors (Lipinski definition) is 4. The fraction of sp³-hybridized carbons (Fsp3) is 0.556. The van der Waals surface area contributed by atoms with E-state index in [2.05, 4.69) is 16.1 Å². The molecule has 0 saturated carbocycles. The average molecular weight is 341 g/mol. The molecule has 7 nitrogen and oxygen atoms in total. The van der Waals surface area contributed by atoms with Gasteiger partial charge in [-0.15, -0.1) is 0 Å². The summed E-state index contributed by atoms with van der Waals surface area (Å²) in [5.41, 5.74) is 2.00. The molecule has 2 aliphatic heterocycles. The highest BCUT2D eigenvalue weighted by Crippen LogP contribution is 2.32. The largest absolute Gasteiger partial charge is 0.345 e. The Hall–Kier alpha value is -2.44. The fourth-order valence-corrected chi connectivity index (χ4v) is 4.08. The van der Waals surface area contributed by atoms with E-state index in [1.165, 1.54) is 0 Å². The number of hydrogen-bond donors (Lipinski definition) is 0. The number of amides is 2. The van der Waals surface area contributed by atoms with Gasteiger partial charge in [-0.1, -0.05) is 0 Å². The van der Waals surface area contributed by atoms with Gasteiger partial charge in [0.05, 0.1) is 11.6 Å². The summed E-state index contributed by atoms with van der Waals surface area (Å²) in [6.07, 6.45) is 3.95. The lowest BCUT2D eigenvalue weighted by molar-refractivity contribution is -0.136. The molecule has 0 bridgehead atoms. The molecule has 4 rings (SSSR count). The van der Waals surface area contributed by atoms with Crippen LogP contribution in [0.2, 0.25) is 0 Å². The Morgan fingerprint density at radius 1 is 1.24 bits per heavy atom. The van der Waals surface area contributed by atoms with Crippen molar-refractivity contribution in [1.82, 2.24) is 24.6 Å². The van der Waals surface area contributed by atoms with Gasteiger partial charge in [-0.2, -0.15) is 5.10 Å². The number of piperidine rings is 1. The SMILES string of the molecule is CN1CC(C(=O)N2CCC(c3nn(C)c4ncccc34)CC2)CC1=O. The van der Waals surface area contributed by atoms with E-state index in [0.717, 1.165) is 42.7 Å². The first-order valence-electron chi connectivity index (χ1n) is 8.85. The Labute approximate surface area is 146 Å². The fourth-order valence-electron chi connectivity index (χ4n) is 4.08. The van der Waals surface area contributed by atoms with Crippen molar-refractivity contribution in [1.29, 1.82) is 0 Å². The second kappa shape index (κ2) is 6.13. The highest BCUT2D eigenvalue weighted by Gasteiger charge is 2.36. The molecular weight excluding hydrogens is 318 g/mol. The summed E-state index contributed by atoms with van der Waals surface area (Å²) >= 11 is 0. The van der Waals surface area contributed by atoms with Crippen LogP contribution in [0.4, 0.5) is 0 Å². The zero-order valence-corrected chi connectivity index (χ0v) is 14.7. The average Bonchev–Trinajstić information content (AvgIpc) is 3.15. The van der Waals surface area contributed by atoms with Crippen LogP contribution in [0.5, 0.6) is 0 Å². The summed E-state index contributed by atoms with van der Waals surface area (Å²) in [6, 6.07) is 4.02. The van der Waals surface area contributed by atoms with E-state index in [9.17, 15) is 9.59 Å². The third-order valence-corrected chi connectivity index (χ3v) is 5.51. The Bertz CT molecular complexity index is 822. The van der Waals surface area contributed by atoms with Crippen molar-refractivity contribution in [2.45, 2.75) is 25.2 Å². The van der Waals surface area contributed by atoms with Crippen LogP contribution in [0.15, 0.2) is 18.3 Å². The molecule has 0 aromatic carbocycles. The molecular formula is C18H23N5O2. The van der Waals surface area contributed by atoms with Crippen LogP contribution >= 0.6 is 0 Å². The normalized spacial score (nSPS) is 22.2. The van der Waals surface area contributed by atoms with Crippen molar-refractivity contribution < 1.29 is 9.59 Å². The van der Waals surface area contributed by atoms with Crippen LogP contribution in [-0.4, -0.2) is 63.1 Å². The Kier molecular flexibility index (Phi) is 3.94. The van der Waals surface area contributed by atoms with Gasteiger partial charge in [0.25, 0.3) is 0 Å². The Morgan fingerprint density at radius 2 is 2.00 bits per heavy atom. The lowest BCUT2D eigenvalue weighted by atomic mass is 9.91. The highest BCUT2D eigenvalue weighted by molar-refractivity contribution is 5.89. The van der Waals surface area contributed by atoms with Crippen LogP contribution in [-0.2, 0) is 16.6 Å². The lowest BCUT2D eigenvalue weighted by Gasteiger charge is -2.33. The lowest BCUT2D eigenvalue weighted by Crippen LogP contribution is -2.42. The number of pyridine rings is 1. The van der Waals surface area contributed by atoms with E-state index in [-0.39, 0.29) is 17.7 Å². The molecule has 2 aromatic rings. The van der Waals surface area contributed by atoms with Crippen molar-refractivity contribution in [3.8, 4) is 0 Å². The van der Waals surface area contributed by atoms with Crippen molar-refractivity contribution in [3.63, 3.8) is 0 Å². The predicted molar refractivity (Wildman–Crippen MR) is 92.8 cm³/mol. The van der Waals surface area contributed by atoms with Crippen LogP contribution < -0.4 is 0 Å². The summed E-state index contributed by atoms with van der Waals surface area (Å²) in [7, 11) is 3.69. The molecule has 2 aliphatic rings. The minimum Gasteiger partial charge on any atom is -0.345 e. The molecule has 132 valence electrons. The van der Waals surface area contributed by atoms with E-state index in [4.69, 9.17) is 0 Å². The maximum absolute atomic E-state index is 12.7. The zero-order chi connectivity index (χ0) is 17.6. The van der Waals surface area contributed by atoms with Gasteiger partial charge in [-0.05, 0) is 25.0 Å². The zero-order valence-electron chi connectivity index (χ0n) is 14.7. The molecule has 2 amide bonds. The molecule has 0 spiro atoms. The van der Waals surface area contributed by atoms with Gasteiger partial charge in [0.2, 0.25) is 11.8 Å². The molecule has 0 N–H and O–H groups in total. The summed E-state index contributed by atoms with van der Waals surface area (Å²) in [6.45, 7) is 2.01. The first kappa shape index (κ1) is 16.1. The first-order valence-corrected chi connectivity index (χ1v) is 8.85. The van der Waals surface area contributed by atoms with Crippen molar-refractivity contribution in [2.24, 2.45) is 13.0 Å². The monoisotopic (exact) mass is 341 g/mol. The molecule has 2 aromatic heterocycles. The minimum absolute atomic E-state index is 0.0701. The minimum atomic E-state index is -0.172. The summed E-state index contributed by atoms with van der Waals surface area (Å²) < 4.78 is 1.84. The van der Waals surface area contributed by atoms with Gasteiger partial charge >= 0.3 is 0 Å². The third kappa shape index (κ3) is 2.77. The number of aromatic nitrogens is 3. The number of rotatable bonds is 2. The second-order valence-electron chi connectivity index (χ2n) is 7.16. The topological polar surface area (TPSA) is 71.3 Å². The van der Waals surface area contributed by atoms with E-state index >= 15 is 0 Å². The second-order valence-corrected chi connectivity index (χ2v) is 7.16. The molecule has 2 saturated heterocycles. The third-order valence-electron chi connectivity index (χ3n) is 5.51. The van der Waals surface area contributed by atoms with E-state index < -0.39 is 0 Å². The predicted octanol–water partition coefficient (Wildman–Crippen LogP) is 1.15. The van der Waals surface area contributed by atoms with Crippen molar-refractivity contribution in [3.05, 3.63) is 24.0 Å². The molecule has 7 heteroatoms. The van der Waals surface area contributed by atoms with E-state index in [1.54, 1.807) is 18.1 Å². The number of fused-ring (bicyclic) bond motifs is 1. The number of likely N-dealkylation sites (tertiary alicyclic amines) is 2. The van der Waals surface area contributed by atoms with E-state index in [0.29, 0.717) is 18.9 Å². The Balaban J connectivity index is 1.44. The van der Waals surface area contributed by atoms with Gasteiger partial charge in [-0.3, -0.25) is 14.3 Å². The maximum atomic E-state index is 12.7. The van der Waals surface area contributed by atoms with E-state index in [1.807, 2.05) is 22.7 Å². The molecule has 1 unspecified atom stereocenters. The standard InChI is InChI=1S/C18H23N5O2/c1-21-11-13(10-15(21)24)18(25)23-8-5-12(6-9-23)16-14-4-3-7-19-17(14)22(2)20-16/h3-4,7,12-13H,5-6,8-11H2,1-2H3. The first-order chi connectivity index (χ1) is 12.0. The smallest absolute Gasteiger partial charge is 0.227 e. The Morgan fingerprint density at radius 3 is 2.68 bits per heavy atom. The quantitative estimate of drug-likeness (QED) is 0.822. The molecule has 0 radical (unpaired) electrons. The maximum Gasteiger partial charge on any atom is 0.227 e. The van der Waals surface area contributed by atoms with Gasteiger partial charge in [0, 0.05) is 57.7 Å². The molecule has 25 heavy (non-hydrogen) atoms. The number of nitrogens with zero attached hydrogens (tertiary/aromatic N) is 5. The van der Waals surface area contributed by atoms with Crippen LogP contribution in [0, 0.1) is 5.92 Å². The van der Waals surface area contributed by atoms with Gasteiger partial charge in [0.1, 0.15) is 0 Å². The highest BCUT2D eigenvalue weighted by atomic mass is 16.2. The number of carbonyl (C=O) groups excluding carboxylic acids is 2. The van der Waals surface area contributed by atoms with Crippen LogP contribution in [0.1, 0.15) is 30.9 Å². The summed E-state index contributed by atoms with van der Waals surface area (Å²) in [4.78, 5) is 32.3.